The molecule has 0 heterocycles. The SMILES string of the molecule is CC(CC#N)NC(=O)Cc1ccc(Br)cc1. The zero-order chi connectivity index (χ0) is 12.0. The van der Waals surface area contributed by atoms with Crippen molar-refractivity contribution >= 4 is 21.8 Å². The molecule has 1 unspecified atom stereocenters. The predicted molar refractivity (Wildman–Crippen MR) is 65.7 cm³/mol. The molecule has 0 aliphatic rings. The van der Waals surface area contributed by atoms with Gasteiger partial charge in [-0.25, -0.2) is 0 Å². The lowest BCUT2D eigenvalue weighted by atomic mass is 10.1. The second-order valence-corrected chi connectivity index (χ2v) is 4.55. The second kappa shape index (κ2) is 6.29. The molecule has 0 spiro atoms. The third-order valence-corrected chi connectivity index (χ3v) is 2.61. The van der Waals surface area contributed by atoms with Crippen molar-refractivity contribution in [3.63, 3.8) is 0 Å². The highest BCUT2D eigenvalue weighted by Gasteiger charge is 2.07. The number of carbonyl (C=O) groups excluding carboxylic acids is 1. The average Bonchev–Trinajstić information content (AvgIpc) is 2.21. The fourth-order valence-electron chi connectivity index (χ4n) is 1.30. The molecule has 1 aromatic rings. The van der Waals surface area contributed by atoms with Gasteiger partial charge in [-0.3, -0.25) is 4.79 Å². The molecule has 84 valence electrons. The summed E-state index contributed by atoms with van der Waals surface area (Å²) in [5.74, 6) is -0.0509. The van der Waals surface area contributed by atoms with E-state index < -0.39 is 0 Å². The Kier molecular flexibility index (Phi) is 5.00. The van der Waals surface area contributed by atoms with Crippen LogP contribution >= 0.6 is 15.9 Å². The topological polar surface area (TPSA) is 52.9 Å². The van der Waals surface area contributed by atoms with Crippen molar-refractivity contribution in [3.8, 4) is 6.07 Å². The van der Waals surface area contributed by atoms with Gasteiger partial charge in [0.2, 0.25) is 5.91 Å². The summed E-state index contributed by atoms with van der Waals surface area (Å²) in [5.41, 5.74) is 0.963. The van der Waals surface area contributed by atoms with Crippen LogP contribution in [0.4, 0.5) is 0 Å². The van der Waals surface area contributed by atoms with Crippen molar-refractivity contribution < 1.29 is 4.79 Å². The van der Waals surface area contributed by atoms with E-state index in [2.05, 4.69) is 21.2 Å². The minimum atomic E-state index is -0.0899. The normalized spacial score (nSPS) is 11.6. The van der Waals surface area contributed by atoms with Crippen LogP contribution in [0.2, 0.25) is 0 Å². The molecule has 0 bridgehead atoms. The van der Waals surface area contributed by atoms with Crippen LogP contribution in [-0.4, -0.2) is 11.9 Å². The van der Waals surface area contributed by atoms with Gasteiger partial charge in [0.05, 0.1) is 18.9 Å². The first-order chi connectivity index (χ1) is 7.61. The van der Waals surface area contributed by atoms with Gasteiger partial charge in [0.15, 0.2) is 0 Å². The Labute approximate surface area is 104 Å². The number of nitrogens with zero attached hydrogens (tertiary/aromatic N) is 1. The summed E-state index contributed by atoms with van der Waals surface area (Å²) in [5, 5.41) is 11.2. The number of nitrogens with one attached hydrogen (secondary N) is 1. The molecule has 1 aromatic carbocycles. The Morgan fingerprint density at radius 1 is 1.50 bits per heavy atom. The van der Waals surface area contributed by atoms with E-state index in [0.717, 1.165) is 10.0 Å². The molecule has 1 atom stereocenters. The average molecular weight is 281 g/mol. The van der Waals surface area contributed by atoms with E-state index in [1.807, 2.05) is 37.3 Å². The third-order valence-electron chi connectivity index (χ3n) is 2.08. The fourth-order valence-corrected chi connectivity index (χ4v) is 1.57. The molecule has 0 saturated heterocycles. The monoisotopic (exact) mass is 280 g/mol. The van der Waals surface area contributed by atoms with Gasteiger partial charge in [0, 0.05) is 10.5 Å². The maximum Gasteiger partial charge on any atom is 0.224 e. The zero-order valence-corrected chi connectivity index (χ0v) is 10.6. The van der Waals surface area contributed by atoms with E-state index in [1.165, 1.54) is 0 Å². The highest BCUT2D eigenvalue weighted by Crippen LogP contribution is 2.10. The first kappa shape index (κ1) is 12.7. The maximum atomic E-state index is 11.6. The van der Waals surface area contributed by atoms with Crippen LogP contribution in [-0.2, 0) is 11.2 Å². The van der Waals surface area contributed by atoms with E-state index >= 15 is 0 Å². The molecule has 3 nitrogen and oxygen atoms in total. The van der Waals surface area contributed by atoms with E-state index in [9.17, 15) is 4.79 Å². The summed E-state index contributed by atoms with van der Waals surface area (Å²) >= 11 is 3.34. The van der Waals surface area contributed by atoms with Crippen molar-refractivity contribution in [2.75, 3.05) is 0 Å². The van der Waals surface area contributed by atoms with Crippen molar-refractivity contribution in [3.05, 3.63) is 34.3 Å². The zero-order valence-electron chi connectivity index (χ0n) is 9.03. The van der Waals surface area contributed by atoms with Crippen molar-refractivity contribution in [2.45, 2.75) is 25.8 Å². The van der Waals surface area contributed by atoms with Gasteiger partial charge in [-0.1, -0.05) is 28.1 Å². The molecule has 0 aromatic heterocycles. The summed E-state index contributed by atoms with van der Waals surface area (Å²) in [7, 11) is 0. The molecule has 0 radical (unpaired) electrons. The fraction of sp³-hybridized carbons (Fsp3) is 0.333. The highest BCUT2D eigenvalue weighted by molar-refractivity contribution is 9.10. The molecular formula is C12H13BrN2O. The summed E-state index contributed by atoms with van der Waals surface area (Å²) in [6.45, 7) is 1.82. The molecule has 1 amide bonds. The molecule has 16 heavy (non-hydrogen) atoms. The largest absolute Gasteiger partial charge is 0.352 e. The van der Waals surface area contributed by atoms with Crippen molar-refractivity contribution in [1.29, 1.82) is 5.26 Å². The number of hydrogen-bond acceptors (Lipinski definition) is 2. The molecule has 0 aliphatic carbocycles. The number of halogens is 1. The molecular weight excluding hydrogens is 268 g/mol. The van der Waals surface area contributed by atoms with Crippen LogP contribution in [0.25, 0.3) is 0 Å². The Balaban J connectivity index is 2.46. The first-order valence-corrected chi connectivity index (χ1v) is 5.82. The number of amides is 1. The predicted octanol–water partition coefficient (Wildman–Crippen LogP) is 2.41. The van der Waals surface area contributed by atoms with E-state index in [1.54, 1.807) is 0 Å². The number of benzene rings is 1. The molecule has 1 N–H and O–H groups in total. The molecule has 0 aliphatic heterocycles. The van der Waals surface area contributed by atoms with Gasteiger partial charge in [0.25, 0.3) is 0 Å². The van der Waals surface area contributed by atoms with Crippen LogP contribution < -0.4 is 5.32 Å². The lowest BCUT2D eigenvalue weighted by Crippen LogP contribution is -2.33. The Hall–Kier alpha value is -1.34. The number of hydrogen-bond donors (Lipinski definition) is 1. The second-order valence-electron chi connectivity index (χ2n) is 3.63. The van der Waals surface area contributed by atoms with Crippen LogP contribution in [0.15, 0.2) is 28.7 Å². The quantitative estimate of drug-likeness (QED) is 0.921. The first-order valence-electron chi connectivity index (χ1n) is 5.02. The molecule has 1 rings (SSSR count). The van der Waals surface area contributed by atoms with Crippen molar-refractivity contribution in [2.24, 2.45) is 0 Å². The maximum absolute atomic E-state index is 11.6. The number of nitriles is 1. The smallest absolute Gasteiger partial charge is 0.224 e. The molecule has 0 fully saturated rings. The molecule has 0 saturated carbocycles. The van der Waals surface area contributed by atoms with Crippen molar-refractivity contribution in [1.82, 2.24) is 5.32 Å². The summed E-state index contributed by atoms with van der Waals surface area (Å²) in [6, 6.07) is 9.54. The summed E-state index contributed by atoms with van der Waals surface area (Å²) < 4.78 is 0.995. The number of rotatable bonds is 4. The lowest BCUT2D eigenvalue weighted by Gasteiger charge is -2.10. The van der Waals surface area contributed by atoms with E-state index in [-0.39, 0.29) is 11.9 Å². The van der Waals surface area contributed by atoms with Crippen LogP contribution in [0.1, 0.15) is 18.9 Å². The van der Waals surface area contributed by atoms with Gasteiger partial charge in [-0.05, 0) is 24.6 Å². The minimum Gasteiger partial charge on any atom is -0.352 e. The van der Waals surface area contributed by atoms with Gasteiger partial charge in [-0.15, -0.1) is 0 Å². The standard InChI is InChI=1S/C12H13BrN2O/c1-9(6-7-14)15-12(16)8-10-2-4-11(13)5-3-10/h2-5,9H,6,8H2,1H3,(H,15,16). The highest BCUT2D eigenvalue weighted by atomic mass is 79.9. The van der Waals surface area contributed by atoms with E-state index in [4.69, 9.17) is 5.26 Å². The molecule has 4 heteroatoms. The van der Waals surface area contributed by atoms with E-state index in [0.29, 0.717) is 12.8 Å². The summed E-state index contributed by atoms with van der Waals surface area (Å²) in [4.78, 5) is 11.6. The Morgan fingerprint density at radius 3 is 2.69 bits per heavy atom. The van der Waals surface area contributed by atoms with Gasteiger partial charge in [-0.2, -0.15) is 5.26 Å². The third kappa shape index (κ3) is 4.45. The summed E-state index contributed by atoms with van der Waals surface area (Å²) in [6.07, 6.45) is 0.690. The van der Waals surface area contributed by atoms with Gasteiger partial charge in [0.1, 0.15) is 0 Å². The van der Waals surface area contributed by atoms with Crippen LogP contribution in [0.3, 0.4) is 0 Å². The Bertz CT molecular complexity index is 394. The van der Waals surface area contributed by atoms with Crippen LogP contribution in [0, 0.1) is 11.3 Å². The van der Waals surface area contributed by atoms with Gasteiger partial charge >= 0.3 is 0 Å². The van der Waals surface area contributed by atoms with Gasteiger partial charge < -0.3 is 5.32 Å². The van der Waals surface area contributed by atoms with Crippen LogP contribution in [0.5, 0.6) is 0 Å². The Morgan fingerprint density at radius 2 is 2.12 bits per heavy atom. The minimum absolute atomic E-state index is 0.0509. The number of carbonyl (C=O) groups is 1. The lowest BCUT2D eigenvalue weighted by molar-refractivity contribution is -0.121.